The van der Waals surface area contributed by atoms with Gasteiger partial charge in [0, 0.05) is 30.7 Å². The van der Waals surface area contributed by atoms with Crippen LogP contribution in [0.15, 0.2) is 42.5 Å². The van der Waals surface area contributed by atoms with Crippen LogP contribution in [0.4, 0.5) is 0 Å². The molecule has 1 aromatic heterocycles. The summed E-state index contributed by atoms with van der Waals surface area (Å²) in [6.45, 7) is 1.03. The largest absolute Gasteiger partial charge is 0.497 e. The molecule has 1 fully saturated rings. The Hall–Kier alpha value is -2.04. The molecule has 4 rings (SSSR count). The van der Waals surface area contributed by atoms with Gasteiger partial charge in [0.05, 0.1) is 18.1 Å². The average Bonchev–Trinajstić information content (AvgIpc) is 3.27. The lowest BCUT2D eigenvalue weighted by atomic mass is 9.93. The van der Waals surface area contributed by atoms with E-state index >= 15 is 0 Å². The first-order valence-corrected chi connectivity index (χ1v) is 9.94. The molecule has 1 saturated carbocycles. The summed E-state index contributed by atoms with van der Waals surface area (Å²) in [5, 5.41) is 10.4. The molecule has 0 radical (unpaired) electrons. The summed E-state index contributed by atoms with van der Waals surface area (Å²) in [5.74, 6) is 2.79. The molecule has 1 N–H and O–H groups in total. The molecule has 1 aliphatic carbocycles. The van der Waals surface area contributed by atoms with Gasteiger partial charge in [0.15, 0.2) is 0 Å². The van der Waals surface area contributed by atoms with E-state index in [4.69, 9.17) is 21.3 Å². The Morgan fingerprint density at radius 3 is 2.67 bits per heavy atom. The topological polar surface area (TPSA) is 47.3 Å². The number of hydrogen-bond acceptors (Lipinski definition) is 3. The Kier molecular flexibility index (Phi) is 5.37. The second-order valence-corrected chi connectivity index (χ2v) is 7.87. The van der Waals surface area contributed by atoms with Crippen molar-refractivity contribution < 1.29 is 9.84 Å². The number of aliphatic hydroxyl groups is 1. The molecule has 142 valence electrons. The maximum Gasteiger partial charge on any atom is 0.121 e. The van der Waals surface area contributed by atoms with Crippen LogP contribution in [0.2, 0.25) is 5.02 Å². The Bertz CT molecular complexity index is 920. The predicted octanol–water partition coefficient (Wildman–Crippen LogP) is 4.70. The van der Waals surface area contributed by atoms with E-state index in [2.05, 4.69) is 22.8 Å². The van der Waals surface area contributed by atoms with E-state index < -0.39 is 0 Å². The third kappa shape index (κ3) is 3.83. The van der Waals surface area contributed by atoms with Gasteiger partial charge in [0.25, 0.3) is 0 Å². The summed E-state index contributed by atoms with van der Waals surface area (Å²) >= 11 is 6.04. The van der Waals surface area contributed by atoms with Crippen LogP contribution in [0, 0.1) is 11.8 Å². The molecule has 0 amide bonds. The number of rotatable bonds is 6. The monoisotopic (exact) mass is 384 g/mol. The Morgan fingerprint density at radius 2 is 1.93 bits per heavy atom. The van der Waals surface area contributed by atoms with Crippen molar-refractivity contribution in [2.75, 3.05) is 13.7 Å². The van der Waals surface area contributed by atoms with Crippen molar-refractivity contribution in [2.24, 2.45) is 11.8 Å². The minimum Gasteiger partial charge on any atom is -0.497 e. The summed E-state index contributed by atoms with van der Waals surface area (Å²) in [7, 11) is 1.68. The van der Waals surface area contributed by atoms with Crippen LogP contribution in [-0.4, -0.2) is 28.4 Å². The van der Waals surface area contributed by atoms with Crippen molar-refractivity contribution in [3.8, 4) is 5.75 Å². The number of nitrogens with zero attached hydrogens (tertiary/aromatic N) is 2. The number of methoxy groups -OCH3 is 1. The van der Waals surface area contributed by atoms with Crippen LogP contribution in [-0.2, 0) is 13.0 Å². The summed E-state index contributed by atoms with van der Waals surface area (Å²) in [6, 6.07) is 14.0. The molecule has 27 heavy (non-hydrogen) atoms. The first kappa shape index (κ1) is 18.3. The molecule has 0 aliphatic heterocycles. The van der Waals surface area contributed by atoms with Gasteiger partial charge in [-0.05, 0) is 54.5 Å². The molecule has 0 spiro atoms. The smallest absolute Gasteiger partial charge is 0.121 e. The van der Waals surface area contributed by atoms with Crippen LogP contribution in [0.25, 0.3) is 11.0 Å². The highest BCUT2D eigenvalue weighted by Gasteiger charge is 2.28. The van der Waals surface area contributed by atoms with Crippen LogP contribution in [0.1, 0.15) is 30.7 Å². The first-order valence-electron chi connectivity index (χ1n) is 9.56. The van der Waals surface area contributed by atoms with Gasteiger partial charge in [-0.1, -0.05) is 30.2 Å². The Morgan fingerprint density at radius 1 is 1.15 bits per heavy atom. The van der Waals surface area contributed by atoms with Crippen molar-refractivity contribution in [1.29, 1.82) is 0 Å². The number of fused-ring (bicyclic) bond motifs is 1. The molecule has 1 aliphatic rings. The highest BCUT2D eigenvalue weighted by Crippen LogP contribution is 2.35. The third-order valence-corrected chi connectivity index (χ3v) is 6.04. The number of aliphatic hydroxyl groups excluding tert-OH is 1. The quantitative estimate of drug-likeness (QED) is 0.670. The maximum atomic E-state index is 9.70. The molecular formula is C22H25ClN2O2. The highest BCUT2D eigenvalue weighted by molar-refractivity contribution is 6.30. The van der Waals surface area contributed by atoms with Gasteiger partial charge in [-0.3, -0.25) is 0 Å². The van der Waals surface area contributed by atoms with Crippen LogP contribution in [0.5, 0.6) is 5.75 Å². The number of halogens is 1. The van der Waals surface area contributed by atoms with Gasteiger partial charge in [0.2, 0.25) is 0 Å². The second kappa shape index (κ2) is 7.91. The van der Waals surface area contributed by atoms with Crippen molar-refractivity contribution in [3.05, 3.63) is 58.9 Å². The van der Waals surface area contributed by atoms with Crippen molar-refractivity contribution in [2.45, 2.75) is 32.2 Å². The SMILES string of the molecule is COc1ccc2c(c1)nc(CC1CCC[C@@H]1CO)n2Cc1ccc(Cl)cc1. The van der Waals surface area contributed by atoms with Crippen LogP contribution in [0.3, 0.4) is 0 Å². The lowest BCUT2D eigenvalue weighted by Crippen LogP contribution is -2.17. The Labute approximate surface area is 164 Å². The molecule has 1 unspecified atom stereocenters. The summed E-state index contributed by atoms with van der Waals surface area (Å²) in [5.41, 5.74) is 3.26. The zero-order chi connectivity index (χ0) is 18.8. The summed E-state index contributed by atoms with van der Waals surface area (Å²) < 4.78 is 7.67. The average molecular weight is 385 g/mol. The minimum atomic E-state index is 0.274. The first-order chi connectivity index (χ1) is 13.2. The van der Waals surface area contributed by atoms with E-state index in [1.165, 1.54) is 18.4 Å². The van der Waals surface area contributed by atoms with Crippen molar-refractivity contribution >= 4 is 22.6 Å². The van der Waals surface area contributed by atoms with Gasteiger partial charge >= 0.3 is 0 Å². The fraction of sp³-hybridized carbons (Fsp3) is 0.409. The normalized spacial score (nSPS) is 19.7. The molecule has 1 heterocycles. The molecule has 2 atom stereocenters. The van der Waals surface area contributed by atoms with Crippen LogP contribution < -0.4 is 4.74 Å². The Balaban J connectivity index is 1.72. The minimum absolute atomic E-state index is 0.274. The zero-order valence-corrected chi connectivity index (χ0v) is 16.3. The lowest BCUT2D eigenvalue weighted by molar-refractivity contribution is 0.192. The van der Waals surface area contributed by atoms with E-state index in [-0.39, 0.29) is 6.61 Å². The molecule has 0 saturated heterocycles. The van der Waals surface area contributed by atoms with Gasteiger partial charge in [-0.25, -0.2) is 4.98 Å². The fourth-order valence-corrected chi connectivity index (χ4v) is 4.37. The lowest BCUT2D eigenvalue weighted by Gasteiger charge is -2.18. The van der Waals surface area contributed by atoms with E-state index in [0.717, 1.165) is 47.0 Å². The van der Waals surface area contributed by atoms with Crippen molar-refractivity contribution in [1.82, 2.24) is 9.55 Å². The molecule has 2 aromatic carbocycles. The molecule has 3 aromatic rings. The molecule has 0 bridgehead atoms. The van der Waals surface area contributed by atoms with E-state index in [1.807, 2.05) is 24.3 Å². The van der Waals surface area contributed by atoms with E-state index in [0.29, 0.717) is 11.8 Å². The molecular weight excluding hydrogens is 360 g/mol. The summed E-state index contributed by atoms with van der Waals surface area (Å²) in [6.07, 6.45) is 4.38. The van der Waals surface area contributed by atoms with Gasteiger partial charge < -0.3 is 14.4 Å². The van der Waals surface area contributed by atoms with Gasteiger partial charge in [0.1, 0.15) is 11.6 Å². The van der Waals surface area contributed by atoms with Gasteiger partial charge in [-0.15, -0.1) is 0 Å². The standard InChI is InChI=1S/C22H25ClN2O2/c1-27-19-9-10-21-20(12-19)24-22(11-16-3-2-4-17(16)14-26)25(21)13-15-5-7-18(23)8-6-15/h5-10,12,16-17,26H,2-4,11,13-14H2,1H3/t16?,17-/m1/s1. The second-order valence-electron chi connectivity index (χ2n) is 7.43. The third-order valence-electron chi connectivity index (χ3n) is 5.78. The zero-order valence-electron chi connectivity index (χ0n) is 15.6. The van der Waals surface area contributed by atoms with E-state index in [1.54, 1.807) is 7.11 Å². The number of benzene rings is 2. The number of ether oxygens (including phenoxy) is 1. The van der Waals surface area contributed by atoms with E-state index in [9.17, 15) is 5.11 Å². The fourth-order valence-electron chi connectivity index (χ4n) is 4.25. The predicted molar refractivity (Wildman–Crippen MR) is 108 cm³/mol. The number of imidazole rings is 1. The van der Waals surface area contributed by atoms with Crippen LogP contribution >= 0.6 is 11.6 Å². The molecule has 5 heteroatoms. The number of aromatic nitrogens is 2. The maximum absolute atomic E-state index is 9.70. The molecule has 4 nitrogen and oxygen atoms in total. The highest BCUT2D eigenvalue weighted by atomic mass is 35.5. The van der Waals surface area contributed by atoms with Gasteiger partial charge in [-0.2, -0.15) is 0 Å². The number of hydrogen-bond donors (Lipinski definition) is 1. The summed E-state index contributed by atoms with van der Waals surface area (Å²) in [4.78, 5) is 4.94. The van der Waals surface area contributed by atoms with Crippen molar-refractivity contribution in [3.63, 3.8) is 0 Å².